The fourth-order valence-corrected chi connectivity index (χ4v) is 4.74. The molecule has 1 aromatic rings. The first kappa shape index (κ1) is 13.4. The van der Waals surface area contributed by atoms with Crippen LogP contribution in [0.3, 0.4) is 0 Å². The van der Waals surface area contributed by atoms with E-state index in [0.717, 1.165) is 12.8 Å². The molecule has 0 radical (unpaired) electrons. The van der Waals surface area contributed by atoms with Crippen molar-refractivity contribution in [2.24, 2.45) is 0 Å². The van der Waals surface area contributed by atoms with E-state index in [0.29, 0.717) is 17.9 Å². The zero-order valence-corrected chi connectivity index (χ0v) is 12.7. The summed E-state index contributed by atoms with van der Waals surface area (Å²) in [5.74, 6) is 0.984. The first-order valence-corrected chi connectivity index (χ1v) is 8.69. The minimum atomic E-state index is -0.243. The van der Waals surface area contributed by atoms with Gasteiger partial charge in [0.15, 0.2) is 0 Å². The summed E-state index contributed by atoms with van der Waals surface area (Å²) in [5, 5.41) is 3.40. The fraction of sp³-hybridized carbons (Fsp3) is 0.632. The van der Waals surface area contributed by atoms with Crippen LogP contribution in [-0.4, -0.2) is 11.9 Å². The SMILES string of the molecule is O=C(NC1CCCCC1)C12CCC(CC1)c1ccc2cc1. The predicted molar refractivity (Wildman–Crippen MR) is 84.3 cm³/mol. The van der Waals surface area contributed by atoms with Crippen molar-refractivity contribution >= 4 is 5.91 Å². The Kier molecular flexibility index (Phi) is 3.28. The Balaban J connectivity index is 1.61. The molecule has 0 saturated heterocycles. The van der Waals surface area contributed by atoms with Crippen molar-refractivity contribution in [1.82, 2.24) is 5.32 Å². The topological polar surface area (TPSA) is 29.1 Å². The van der Waals surface area contributed by atoms with E-state index in [1.807, 2.05) is 0 Å². The molecule has 4 bridgehead atoms. The molecule has 1 amide bonds. The molecule has 0 heterocycles. The third kappa shape index (κ3) is 2.20. The highest BCUT2D eigenvalue weighted by molar-refractivity contribution is 5.89. The lowest BCUT2D eigenvalue weighted by Crippen LogP contribution is -2.50. The van der Waals surface area contributed by atoms with Crippen molar-refractivity contribution in [3.63, 3.8) is 0 Å². The van der Waals surface area contributed by atoms with E-state index in [-0.39, 0.29) is 5.41 Å². The average Bonchev–Trinajstić information content (AvgIpc) is 2.52. The molecule has 2 fully saturated rings. The van der Waals surface area contributed by atoms with Gasteiger partial charge in [0.25, 0.3) is 0 Å². The first-order valence-electron chi connectivity index (χ1n) is 8.69. The Morgan fingerprint density at radius 2 is 1.62 bits per heavy atom. The number of hydrogen-bond acceptors (Lipinski definition) is 1. The van der Waals surface area contributed by atoms with Gasteiger partial charge in [0, 0.05) is 6.04 Å². The third-order valence-corrected chi connectivity index (χ3v) is 6.15. The van der Waals surface area contributed by atoms with E-state index in [1.54, 1.807) is 0 Å². The van der Waals surface area contributed by atoms with Gasteiger partial charge in [-0.25, -0.2) is 0 Å². The van der Waals surface area contributed by atoms with Gasteiger partial charge >= 0.3 is 0 Å². The fourth-order valence-electron chi connectivity index (χ4n) is 4.74. The molecule has 1 N–H and O–H groups in total. The molecule has 2 nitrogen and oxygen atoms in total. The second-order valence-electron chi connectivity index (χ2n) is 7.29. The van der Waals surface area contributed by atoms with Crippen molar-refractivity contribution < 1.29 is 4.79 Å². The molecule has 0 aromatic heterocycles. The number of amides is 1. The van der Waals surface area contributed by atoms with Crippen LogP contribution >= 0.6 is 0 Å². The van der Waals surface area contributed by atoms with Crippen LogP contribution in [-0.2, 0) is 10.2 Å². The average molecular weight is 283 g/mol. The molecule has 112 valence electrons. The summed E-state index contributed by atoms with van der Waals surface area (Å²) in [4.78, 5) is 13.1. The Bertz CT molecular complexity index is 519. The number of benzene rings is 1. The van der Waals surface area contributed by atoms with Crippen LogP contribution in [0.4, 0.5) is 0 Å². The Morgan fingerprint density at radius 1 is 0.952 bits per heavy atom. The molecule has 0 unspecified atom stereocenters. The lowest BCUT2D eigenvalue weighted by molar-refractivity contribution is -0.129. The zero-order chi connectivity index (χ0) is 14.3. The first-order chi connectivity index (χ1) is 10.3. The van der Waals surface area contributed by atoms with E-state index in [1.165, 1.54) is 56.1 Å². The van der Waals surface area contributed by atoms with E-state index >= 15 is 0 Å². The van der Waals surface area contributed by atoms with Crippen LogP contribution in [0.15, 0.2) is 24.3 Å². The van der Waals surface area contributed by atoms with Crippen molar-refractivity contribution in [2.45, 2.75) is 75.2 Å². The molecule has 2 heteroatoms. The van der Waals surface area contributed by atoms with Gasteiger partial charge in [-0.3, -0.25) is 4.79 Å². The number of hydrogen-bond donors (Lipinski definition) is 1. The second-order valence-corrected chi connectivity index (χ2v) is 7.29. The molecule has 0 spiro atoms. The van der Waals surface area contributed by atoms with E-state index < -0.39 is 0 Å². The number of carbonyl (C=O) groups excluding carboxylic acids is 1. The highest BCUT2D eigenvalue weighted by Gasteiger charge is 2.45. The van der Waals surface area contributed by atoms with Crippen LogP contribution in [0.2, 0.25) is 0 Å². The van der Waals surface area contributed by atoms with Crippen LogP contribution in [0, 0.1) is 0 Å². The van der Waals surface area contributed by atoms with Crippen LogP contribution < -0.4 is 5.32 Å². The lowest BCUT2D eigenvalue weighted by atomic mass is 9.62. The number of carbonyl (C=O) groups is 1. The Morgan fingerprint density at radius 3 is 2.29 bits per heavy atom. The highest BCUT2D eigenvalue weighted by Crippen LogP contribution is 2.48. The minimum Gasteiger partial charge on any atom is -0.353 e. The standard InChI is InChI=1S/C19H25NO/c21-18(20-17-4-2-1-3-5-17)19-12-10-15(11-13-19)14-6-8-16(19)9-7-14/h6-9,15,17H,1-5,10-13H2,(H,20,21). The van der Waals surface area contributed by atoms with E-state index in [4.69, 9.17) is 0 Å². The molecule has 2 saturated carbocycles. The zero-order valence-electron chi connectivity index (χ0n) is 12.7. The molecule has 7 rings (SSSR count). The Hall–Kier alpha value is -1.31. The molecule has 1 aromatic carbocycles. The predicted octanol–water partition coefficient (Wildman–Crippen LogP) is 4.04. The van der Waals surface area contributed by atoms with Crippen molar-refractivity contribution in [1.29, 1.82) is 0 Å². The monoisotopic (exact) mass is 283 g/mol. The summed E-state index contributed by atoms with van der Waals surface area (Å²) in [5.41, 5.74) is 2.48. The van der Waals surface area contributed by atoms with Crippen LogP contribution in [0.25, 0.3) is 0 Å². The van der Waals surface area contributed by atoms with Crippen LogP contribution in [0.5, 0.6) is 0 Å². The molecule has 6 aliphatic carbocycles. The van der Waals surface area contributed by atoms with Gasteiger partial charge in [-0.15, -0.1) is 0 Å². The molecule has 6 aliphatic rings. The highest BCUT2D eigenvalue weighted by atomic mass is 16.2. The van der Waals surface area contributed by atoms with Gasteiger partial charge in [-0.2, -0.15) is 0 Å². The van der Waals surface area contributed by atoms with Gasteiger partial charge in [0.1, 0.15) is 0 Å². The minimum absolute atomic E-state index is 0.243. The molecule has 0 atom stereocenters. The van der Waals surface area contributed by atoms with E-state index in [9.17, 15) is 4.79 Å². The number of rotatable bonds is 2. The maximum absolute atomic E-state index is 13.1. The van der Waals surface area contributed by atoms with Gasteiger partial charge < -0.3 is 5.32 Å². The maximum Gasteiger partial charge on any atom is 0.230 e. The lowest BCUT2D eigenvalue weighted by Gasteiger charge is -2.43. The summed E-state index contributed by atoms with van der Waals surface area (Å²) in [7, 11) is 0. The summed E-state index contributed by atoms with van der Waals surface area (Å²) in [6, 6.07) is 9.34. The largest absolute Gasteiger partial charge is 0.353 e. The maximum atomic E-state index is 13.1. The van der Waals surface area contributed by atoms with Gasteiger partial charge in [-0.1, -0.05) is 43.5 Å². The van der Waals surface area contributed by atoms with Gasteiger partial charge in [0.2, 0.25) is 5.91 Å². The van der Waals surface area contributed by atoms with E-state index in [2.05, 4.69) is 29.6 Å². The Labute approximate surface area is 127 Å². The molecular formula is C19H25NO. The van der Waals surface area contributed by atoms with Crippen molar-refractivity contribution in [3.8, 4) is 0 Å². The summed E-state index contributed by atoms with van der Waals surface area (Å²) in [6.07, 6.45) is 10.6. The van der Waals surface area contributed by atoms with Crippen LogP contribution in [0.1, 0.15) is 74.8 Å². The second kappa shape index (κ2) is 5.15. The molecule has 21 heavy (non-hydrogen) atoms. The molecular weight excluding hydrogens is 258 g/mol. The molecule has 0 aliphatic heterocycles. The quantitative estimate of drug-likeness (QED) is 0.872. The summed E-state index contributed by atoms with van der Waals surface area (Å²) >= 11 is 0. The van der Waals surface area contributed by atoms with Gasteiger partial charge in [0.05, 0.1) is 5.41 Å². The third-order valence-electron chi connectivity index (χ3n) is 6.15. The normalized spacial score (nSPS) is 31.7. The summed E-state index contributed by atoms with van der Waals surface area (Å²) in [6.45, 7) is 0. The smallest absolute Gasteiger partial charge is 0.230 e. The van der Waals surface area contributed by atoms with Crippen molar-refractivity contribution in [3.05, 3.63) is 35.4 Å². The summed E-state index contributed by atoms with van der Waals surface area (Å²) < 4.78 is 0. The number of nitrogens with one attached hydrogen (secondary N) is 1. The van der Waals surface area contributed by atoms with Crippen molar-refractivity contribution in [2.75, 3.05) is 0 Å². The van der Waals surface area contributed by atoms with Gasteiger partial charge in [-0.05, 0) is 55.6 Å².